The molecule has 0 radical (unpaired) electrons. The maximum atomic E-state index is 14.4. The minimum Gasteiger partial charge on any atom is -0.497 e. The molecule has 0 saturated carbocycles. The third-order valence-electron chi connectivity index (χ3n) is 7.28. The van der Waals surface area contributed by atoms with Crippen molar-refractivity contribution in [3.63, 3.8) is 0 Å². The van der Waals surface area contributed by atoms with E-state index < -0.39 is 6.04 Å². The average Bonchev–Trinajstić information content (AvgIpc) is 3.44. The zero-order valence-corrected chi connectivity index (χ0v) is 22.9. The van der Waals surface area contributed by atoms with E-state index >= 15 is 0 Å². The number of para-hydroxylation sites is 2. The molecule has 1 aliphatic rings. The molecular formula is C32H33N3O4. The molecule has 200 valence electrons. The Hall–Kier alpha value is -4.52. The summed E-state index contributed by atoms with van der Waals surface area (Å²) in [7, 11) is 3.24. The van der Waals surface area contributed by atoms with Gasteiger partial charge in [0.25, 0.3) is 5.91 Å². The first-order valence-corrected chi connectivity index (χ1v) is 13.0. The van der Waals surface area contributed by atoms with Gasteiger partial charge in [0.05, 0.1) is 31.3 Å². The van der Waals surface area contributed by atoms with E-state index in [4.69, 9.17) is 9.47 Å². The Balaban J connectivity index is 1.63. The van der Waals surface area contributed by atoms with Gasteiger partial charge < -0.3 is 18.9 Å². The fourth-order valence-electron chi connectivity index (χ4n) is 5.29. The fourth-order valence-corrected chi connectivity index (χ4v) is 5.29. The lowest BCUT2D eigenvalue weighted by Crippen LogP contribution is -2.48. The summed E-state index contributed by atoms with van der Waals surface area (Å²) < 4.78 is 13.4. The number of aromatic nitrogens is 1. The monoisotopic (exact) mass is 523 g/mol. The van der Waals surface area contributed by atoms with Crippen molar-refractivity contribution in [2.75, 3.05) is 25.7 Å². The molecule has 0 fully saturated rings. The van der Waals surface area contributed by atoms with Gasteiger partial charge in [0.1, 0.15) is 24.1 Å². The lowest BCUT2D eigenvalue weighted by molar-refractivity contribution is -0.120. The van der Waals surface area contributed by atoms with Crippen LogP contribution in [0.3, 0.4) is 0 Å². The maximum Gasteiger partial charge on any atom is 0.254 e. The van der Waals surface area contributed by atoms with Gasteiger partial charge in [0.2, 0.25) is 5.91 Å². The molecule has 7 heteroatoms. The van der Waals surface area contributed by atoms with E-state index in [0.717, 1.165) is 28.2 Å². The number of carbonyl (C=O) groups is 2. The van der Waals surface area contributed by atoms with E-state index in [-0.39, 0.29) is 24.4 Å². The van der Waals surface area contributed by atoms with E-state index in [9.17, 15) is 9.59 Å². The van der Waals surface area contributed by atoms with Crippen LogP contribution in [0.5, 0.6) is 11.5 Å². The highest BCUT2D eigenvalue weighted by Crippen LogP contribution is 2.45. The molecule has 2 amide bonds. The highest BCUT2D eigenvalue weighted by molar-refractivity contribution is 6.03. The average molecular weight is 524 g/mol. The van der Waals surface area contributed by atoms with E-state index in [1.165, 1.54) is 0 Å². The van der Waals surface area contributed by atoms with E-state index in [1.54, 1.807) is 24.0 Å². The topological polar surface area (TPSA) is 64.0 Å². The van der Waals surface area contributed by atoms with Gasteiger partial charge >= 0.3 is 0 Å². The first kappa shape index (κ1) is 26.1. The van der Waals surface area contributed by atoms with Gasteiger partial charge in [-0.2, -0.15) is 0 Å². The summed E-state index contributed by atoms with van der Waals surface area (Å²) in [5, 5.41) is 0. The molecule has 0 aliphatic carbocycles. The van der Waals surface area contributed by atoms with Crippen LogP contribution in [-0.4, -0.2) is 48.1 Å². The second-order valence-electron chi connectivity index (χ2n) is 9.91. The predicted octanol–water partition coefficient (Wildman–Crippen LogP) is 5.79. The molecule has 39 heavy (non-hydrogen) atoms. The van der Waals surface area contributed by atoms with Crippen molar-refractivity contribution in [3.8, 4) is 17.2 Å². The number of fused-ring (bicyclic) bond motifs is 3. The number of methoxy groups -OCH3 is 2. The quantitative estimate of drug-likeness (QED) is 0.308. The van der Waals surface area contributed by atoms with E-state index in [0.29, 0.717) is 17.1 Å². The zero-order valence-electron chi connectivity index (χ0n) is 22.9. The smallest absolute Gasteiger partial charge is 0.254 e. The number of aryl methyl sites for hydroxylation is 1. The Kier molecular flexibility index (Phi) is 7.15. The van der Waals surface area contributed by atoms with Gasteiger partial charge in [0, 0.05) is 23.4 Å². The zero-order chi connectivity index (χ0) is 27.7. The van der Waals surface area contributed by atoms with Crippen LogP contribution in [-0.2, 0) is 4.79 Å². The van der Waals surface area contributed by atoms with Crippen molar-refractivity contribution in [2.45, 2.75) is 32.9 Å². The summed E-state index contributed by atoms with van der Waals surface area (Å²) in [4.78, 5) is 31.5. The second-order valence-corrected chi connectivity index (χ2v) is 9.91. The van der Waals surface area contributed by atoms with Crippen molar-refractivity contribution < 1.29 is 19.1 Å². The number of anilines is 1. The van der Waals surface area contributed by atoms with E-state index in [1.807, 2.05) is 106 Å². The Bertz CT molecular complexity index is 1520. The van der Waals surface area contributed by atoms with Gasteiger partial charge in [-0.25, -0.2) is 0 Å². The third kappa shape index (κ3) is 4.65. The van der Waals surface area contributed by atoms with Gasteiger partial charge in [-0.1, -0.05) is 30.3 Å². The summed E-state index contributed by atoms with van der Waals surface area (Å²) in [6.45, 7) is 5.69. The number of nitrogens with zero attached hydrogens (tertiary/aromatic N) is 3. The molecule has 7 nitrogen and oxygen atoms in total. The van der Waals surface area contributed by atoms with Crippen LogP contribution in [0.1, 0.15) is 47.1 Å². The van der Waals surface area contributed by atoms with Crippen LogP contribution in [0.4, 0.5) is 5.69 Å². The minimum atomic E-state index is -0.505. The number of rotatable bonds is 7. The molecule has 2 heterocycles. The summed E-state index contributed by atoms with van der Waals surface area (Å²) >= 11 is 0. The standard InChI is InChI=1S/C32H33N3O4/c1-21(2)34(32(37)24-12-7-6-11-22(24)3)20-30(36)35-27-14-9-8-13-26(27)33-18-10-15-28(33)31(35)25-19-23(38-4)16-17-29(25)39-5/h6-19,21,31H,20H2,1-5H3. The normalized spacial score (nSPS) is 14.0. The minimum absolute atomic E-state index is 0.0807. The first-order chi connectivity index (χ1) is 18.8. The summed E-state index contributed by atoms with van der Waals surface area (Å²) in [6, 6.07) is 24.2. The van der Waals surface area contributed by atoms with Crippen LogP contribution in [0.25, 0.3) is 5.69 Å². The van der Waals surface area contributed by atoms with Crippen molar-refractivity contribution in [3.05, 3.63) is 107 Å². The highest BCUT2D eigenvalue weighted by atomic mass is 16.5. The molecule has 0 spiro atoms. The summed E-state index contributed by atoms with van der Waals surface area (Å²) in [5.74, 6) is 0.942. The van der Waals surface area contributed by atoms with Crippen molar-refractivity contribution in [1.29, 1.82) is 0 Å². The first-order valence-electron chi connectivity index (χ1n) is 13.0. The molecule has 3 aromatic carbocycles. The van der Waals surface area contributed by atoms with Crippen molar-refractivity contribution in [1.82, 2.24) is 9.47 Å². The molecule has 1 atom stereocenters. The number of ether oxygens (including phenoxy) is 2. The van der Waals surface area contributed by atoms with Crippen LogP contribution in [0.15, 0.2) is 85.1 Å². The Morgan fingerprint density at radius 3 is 2.31 bits per heavy atom. The van der Waals surface area contributed by atoms with Crippen LogP contribution in [0, 0.1) is 6.92 Å². The SMILES string of the molecule is COc1ccc(OC)c(C2c3cccn3-c3ccccc3N2C(=O)CN(C(=O)c2ccccc2C)C(C)C)c1. The molecule has 0 bridgehead atoms. The maximum absolute atomic E-state index is 14.4. The Labute approximate surface area is 229 Å². The lowest BCUT2D eigenvalue weighted by Gasteiger charge is -2.40. The number of carbonyl (C=O) groups excluding carboxylic acids is 2. The molecule has 1 aromatic heterocycles. The second kappa shape index (κ2) is 10.7. The number of hydrogen-bond donors (Lipinski definition) is 0. The molecule has 0 N–H and O–H groups in total. The Morgan fingerprint density at radius 1 is 0.897 bits per heavy atom. The molecule has 1 unspecified atom stereocenters. The molecule has 4 aromatic rings. The highest BCUT2D eigenvalue weighted by Gasteiger charge is 2.39. The largest absolute Gasteiger partial charge is 0.497 e. The molecule has 1 aliphatic heterocycles. The van der Waals surface area contributed by atoms with Gasteiger partial charge in [-0.05, 0) is 74.9 Å². The van der Waals surface area contributed by atoms with Crippen LogP contribution < -0.4 is 14.4 Å². The third-order valence-corrected chi connectivity index (χ3v) is 7.28. The number of hydrogen-bond acceptors (Lipinski definition) is 4. The predicted molar refractivity (Wildman–Crippen MR) is 152 cm³/mol. The molecule has 0 saturated heterocycles. The molecular weight excluding hydrogens is 490 g/mol. The van der Waals surface area contributed by atoms with Gasteiger partial charge in [-0.3, -0.25) is 14.5 Å². The Morgan fingerprint density at radius 2 is 1.62 bits per heavy atom. The summed E-state index contributed by atoms with van der Waals surface area (Å²) in [6.07, 6.45) is 2.00. The number of benzene rings is 3. The van der Waals surface area contributed by atoms with Crippen molar-refractivity contribution >= 4 is 17.5 Å². The van der Waals surface area contributed by atoms with Crippen molar-refractivity contribution in [2.24, 2.45) is 0 Å². The van der Waals surface area contributed by atoms with Gasteiger partial charge in [0.15, 0.2) is 0 Å². The summed E-state index contributed by atoms with van der Waals surface area (Å²) in [5.41, 5.74) is 4.83. The van der Waals surface area contributed by atoms with Crippen LogP contribution >= 0.6 is 0 Å². The van der Waals surface area contributed by atoms with Gasteiger partial charge in [-0.15, -0.1) is 0 Å². The fraction of sp³-hybridized carbons (Fsp3) is 0.250. The molecule has 5 rings (SSSR count). The van der Waals surface area contributed by atoms with Crippen LogP contribution in [0.2, 0.25) is 0 Å². The lowest BCUT2D eigenvalue weighted by atomic mass is 9.96. The van der Waals surface area contributed by atoms with E-state index in [2.05, 4.69) is 4.57 Å². The number of amides is 2.